The van der Waals surface area contributed by atoms with Crippen molar-refractivity contribution in [3.63, 3.8) is 0 Å². The van der Waals surface area contributed by atoms with Gasteiger partial charge in [0.1, 0.15) is 0 Å². The van der Waals surface area contributed by atoms with Gasteiger partial charge in [-0.1, -0.05) is 91.9 Å². The van der Waals surface area contributed by atoms with Gasteiger partial charge in [0.25, 0.3) is 0 Å². The Morgan fingerprint density at radius 1 is 0.838 bits per heavy atom. The van der Waals surface area contributed by atoms with Gasteiger partial charge in [0.15, 0.2) is 0 Å². The van der Waals surface area contributed by atoms with Crippen LogP contribution in [0.25, 0.3) is 16.7 Å². The summed E-state index contributed by atoms with van der Waals surface area (Å²) in [5.74, 6) is 0.125. The molecule has 0 radical (unpaired) electrons. The Morgan fingerprint density at radius 2 is 1.57 bits per heavy atom. The van der Waals surface area contributed by atoms with Crippen LogP contribution in [0.5, 0.6) is 0 Å². The molecule has 5 rings (SSSR count). The summed E-state index contributed by atoms with van der Waals surface area (Å²) in [5.41, 5.74) is 9.93. The quantitative estimate of drug-likeness (QED) is 0.264. The number of anilines is 1. The Balaban J connectivity index is 1.50. The summed E-state index contributed by atoms with van der Waals surface area (Å²) >= 11 is 0. The first-order valence-corrected chi connectivity index (χ1v) is 12.9. The lowest BCUT2D eigenvalue weighted by atomic mass is 9.93. The molecule has 4 aromatic carbocycles. The molecule has 1 aliphatic rings. The molecular formula is C34H30N2O. The summed E-state index contributed by atoms with van der Waals surface area (Å²) in [7, 11) is 0. The first-order chi connectivity index (χ1) is 18.2. The standard InChI is InChI=1S/C34H30N2O/c1-2-9-34(37)36(30-14-8-13-28(23-30)26-10-4-3-5-11-26)24-25-16-19-32-29(22-25)18-17-27-12-6-7-15-31(27)33(32)20-21-35/h3-8,10-16,19-20,22-23H,2,9,17-18,24H2,1H3. The highest BCUT2D eigenvalue weighted by Gasteiger charge is 2.20. The van der Waals surface area contributed by atoms with Crippen LogP contribution in [0.3, 0.4) is 0 Å². The SMILES string of the molecule is CCCC(=O)N(Cc1ccc2c(c1)CCc1ccccc1C2=CC#N)c1cccc(-c2ccccc2)c1. The number of allylic oxidation sites excluding steroid dienone is 1. The summed E-state index contributed by atoms with van der Waals surface area (Å²) in [6, 6.07) is 35.5. The fraction of sp³-hybridized carbons (Fsp3) is 0.176. The van der Waals surface area contributed by atoms with Crippen LogP contribution >= 0.6 is 0 Å². The predicted octanol–water partition coefficient (Wildman–Crippen LogP) is 7.74. The molecule has 0 unspecified atom stereocenters. The Morgan fingerprint density at radius 3 is 2.38 bits per heavy atom. The number of hydrogen-bond donors (Lipinski definition) is 0. The van der Waals surface area contributed by atoms with Gasteiger partial charge in [0, 0.05) is 18.2 Å². The molecular weight excluding hydrogens is 452 g/mol. The molecule has 0 atom stereocenters. The van der Waals surface area contributed by atoms with Gasteiger partial charge in [-0.3, -0.25) is 4.79 Å². The number of nitriles is 1. The third kappa shape index (κ3) is 5.25. The average Bonchev–Trinajstić information content (AvgIpc) is 3.09. The van der Waals surface area contributed by atoms with Crippen LogP contribution in [0.1, 0.15) is 47.6 Å². The Kier molecular flexibility index (Phi) is 7.28. The smallest absolute Gasteiger partial charge is 0.227 e. The summed E-state index contributed by atoms with van der Waals surface area (Å²) in [6.45, 7) is 2.55. The molecule has 0 N–H and O–H groups in total. The molecule has 1 aliphatic carbocycles. The molecule has 182 valence electrons. The van der Waals surface area contributed by atoms with Gasteiger partial charge in [0.05, 0.1) is 12.6 Å². The molecule has 0 fully saturated rings. The average molecular weight is 483 g/mol. The molecule has 0 aliphatic heterocycles. The van der Waals surface area contributed by atoms with Gasteiger partial charge in [-0.05, 0) is 75.9 Å². The highest BCUT2D eigenvalue weighted by Crippen LogP contribution is 2.34. The second-order valence-electron chi connectivity index (χ2n) is 9.48. The Labute approximate surface area is 219 Å². The number of fused-ring (bicyclic) bond motifs is 2. The zero-order chi connectivity index (χ0) is 25.6. The van der Waals surface area contributed by atoms with E-state index in [1.54, 1.807) is 6.08 Å². The number of aryl methyl sites for hydroxylation is 2. The number of benzene rings is 4. The summed E-state index contributed by atoms with van der Waals surface area (Å²) in [5, 5.41) is 9.51. The maximum Gasteiger partial charge on any atom is 0.227 e. The van der Waals surface area contributed by atoms with E-state index in [4.69, 9.17) is 0 Å². The van der Waals surface area contributed by atoms with E-state index < -0.39 is 0 Å². The lowest BCUT2D eigenvalue weighted by molar-refractivity contribution is -0.118. The second-order valence-corrected chi connectivity index (χ2v) is 9.48. The fourth-order valence-electron chi connectivity index (χ4n) is 5.19. The highest BCUT2D eigenvalue weighted by molar-refractivity contribution is 5.94. The maximum atomic E-state index is 13.3. The van der Waals surface area contributed by atoms with E-state index in [1.165, 1.54) is 11.1 Å². The van der Waals surface area contributed by atoms with Crippen molar-refractivity contribution in [3.8, 4) is 17.2 Å². The van der Waals surface area contributed by atoms with E-state index in [-0.39, 0.29) is 5.91 Å². The van der Waals surface area contributed by atoms with E-state index in [0.717, 1.165) is 58.3 Å². The highest BCUT2D eigenvalue weighted by atomic mass is 16.2. The zero-order valence-electron chi connectivity index (χ0n) is 21.2. The van der Waals surface area contributed by atoms with Crippen molar-refractivity contribution >= 4 is 17.2 Å². The van der Waals surface area contributed by atoms with Gasteiger partial charge < -0.3 is 4.90 Å². The summed E-state index contributed by atoms with van der Waals surface area (Å²) in [6.07, 6.45) is 4.79. The minimum absolute atomic E-state index is 0.125. The van der Waals surface area contributed by atoms with Crippen molar-refractivity contribution in [2.75, 3.05) is 4.90 Å². The minimum Gasteiger partial charge on any atom is -0.308 e. The first kappa shape index (κ1) is 24.3. The van der Waals surface area contributed by atoms with Crippen molar-refractivity contribution in [1.29, 1.82) is 5.26 Å². The predicted molar refractivity (Wildman–Crippen MR) is 151 cm³/mol. The number of carbonyl (C=O) groups is 1. The van der Waals surface area contributed by atoms with Crippen molar-refractivity contribution in [2.45, 2.75) is 39.2 Å². The molecule has 0 bridgehead atoms. The van der Waals surface area contributed by atoms with Crippen LogP contribution in [0.4, 0.5) is 5.69 Å². The molecule has 37 heavy (non-hydrogen) atoms. The molecule has 3 heteroatoms. The number of hydrogen-bond acceptors (Lipinski definition) is 2. The van der Waals surface area contributed by atoms with Crippen molar-refractivity contribution in [2.24, 2.45) is 0 Å². The third-order valence-corrected chi connectivity index (χ3v) is 7.01. The van der Waals surface area contributed by atoms with Crippen LogP contribution in [0, 0.1) is 11.3 Å². The molecule has 0 heterocycles. The van der Waals surface area contributed by atoms with Gasteiger partial charge in [-0.15, -0.1) is 0 Å². The Bertz CT molecular complexity index is 1490. The van der Waals surface area contributed by atoms with E-state index in [0.29, 0.717) is 13.0 Å². The first-order valence-electron chi connectivity index (χ1n) is 12.9. The summed E-state index contributed by atoms with van der Waals surface area (Å²) < 4.78 is 0. The molecule has 4 aromatic rings. The van der Waals surface area contributed by atoms with E-state index in [2.05, 4.69) is 66.7 Å². The monoisotopic (exact) mass is 482 g/mol. The van der Waals surface area contributed by atoms with E-state index >= 15 is 0 Å². The maximum absolute atomic E-state index is 13.3. The second kappa shape index (κ2) is 11.1. The van der Waals surface area contributed by atoms with Crippen LogP contribution in [0.2, 0.25) is 0 Å². The van der Waals surface area contributed by atoms with Crippen molar-refractivity contribution in [3.05, 3.63) is 131 Å². The van der Waals surface area contributed by atoms with Crippen LogP contribution in [-0.2, 0) is 24.2 Å². The fourth-order valence-corrected chi connectivity index (χ4v) is 5.19. The van der Waals surface area contributed by atoms with Gasteiger partial charge in [-0.2, -0.15) is 5.26 Å². The van der Waals surface area contributed by atoms with Crippen LogP contribution < -0.4 is 4.90 Å². The normalized spacial score (nSPS) is 13.2. The molecule has 0 saturated carbocycles. The van der Waals surface area contributed by atoms with E-state index in [1.807, 2.05) is 48.2 Å². The lowest BCUT2D eigenvalue weighted by Crippen LogP contribution is -2.30. The third-order valence-electron chi connectivity index (χ3n) is 7.01. The minimum atomic E-state index is 0.125. The van der Waals surface area contributed by atoms with Crippen molar-refractivity contribution in [1.82, 2.24) is 0 Å². The largest absolute Gasteiger partial charge is 0.308 e. The topological polar surface area (TPSA) is 44.1 Å². The number of carbonyl (C=O) groups excluding carboxylic acids is 1. The number of amides is 1. The number of nitrogens with zero attached hydrogens (tertiary/aromatic N) is 2. The summed E-state index contributed by atoms with van der Waals surface area (Å²) in [4.78, 5) is 15.2. The lowest BCUT2D eigenvalue weighted by Gasteiger charge is -2.24. The van der Waals surface area contributed by atoms with Crippen LogP contribution in [0.15, 0.2) is 103 Å². The van der Waals surface area contributed by atoms with Crippen molar-refractivity contribution < 1.29 is 4.79 Å². The zero-order valence-corrected chi connectivity index (χ0v) is 21.2. The molecule has 0 aromatic heterocycles. The molecule has 3 nitrogen and oxygen atoms in total. The van der Waals surface area contributed by atoms with Gasteiger partial charge in [-0.25, -0.2) is 0 Å². The molecule has 0 saturated heterocycles. The Hall–Kier alpha value is -4.42. The molecule has 0 spiro atoms. The number of rotatable bonds is 6. The van der Waals surface area contributed by atoms with Gasteiger partial charge in [0.2, 0.25) is 5.91 Å². The van der Waals surface area contributed by atoms with E-state index in [9.17, 15) is 10.1 Å². The van der Waals surface area contributed by atoms with Crippen LogP contribution in [-0.4, -0.2) is 5.91 Å². The molecule has 1 amide bonds. The van der Waals surface area contributed by atoms with Gasteiger partial charge >= 0.3 is 0 Å².